The predicted molar refractivity (Wildman–Crippen MR) is 127 cm³/mol. The number of hydrogen-bond donors (Lipinski definition) is 1. The number of benzodiazepines with no additional fused rings is 1. The first-order valence-electron chi connectivity index (χ1n) is 11.0. The highest BCUT2D eigenvalue weighted by atomic mass is 16.6. The highest BCUT2D eigenvalue weighted by Gasteiger charge is 2.29. The summed E-state index contributed by atoms with van der Waals surface area (Å²) in [6, 6.07) is 15.5. The van der Waals surface area contributed by atoms with Gasteiger partial charge in [0.1, 0.15) is 11.6 Å². The van der Waals surface area contributed by atoms with Crippen LogP contribution in [0.3, 0.4) is 0 Å². The first-order chi connectivity index (χ1) is 15.2. The van der Waals surface area contributed by atoms with E-state index in [1.165, 1.54) is 0 Å². The lowest BCUT2D eigenvalue weighted by atomic mass is 9.99. The third-order valence-corrected chi connectivity index (χ3v) is 5.57. The van der Waals surface area contributed by atoms with Crippen LogP contribution >= 0.6 is 0 Å². The Bertz CT molecular complexity index is 1030. The Morgan fingerprint density at radius 2 is 1.72 bits per heavy atom. The second-order valence-corrected chi connectivity index (χ2v) is 9.16. The van der Waals surface area contributed by atoms with Crippen LogP contribution in [0.2, 0.25) is 0 Å². The van der Waals surface area contributed by atoms with Gasteiger partial charge in [0.2, 0.25) is 5.91 Å². The van der Waals surface area contributed by atoms with E-state index in [1.807, 2.05) is 76.2 Å². The number of hydrogen-bond acceptors (Lipinski definition) is 5. The van der Waals surface area contributed by atoms with Crippen molar-refractivity contribution in [1.82, 2.24) is 4.90 Å². The fourth-order valence-electron chi connectivity index (χ4n) is 3.96. The molecule has 1 saturated heterocycles. The van der Waals surface area contributed by atoms with E-state index in [0.29, 0.717) is 26.2 Å². The van der Waals surface area contributed by atoms with Gasteiger partial charge in [-0.3, -0.25) is 9.79 Å². The van der Waals surface area contributed by atoms with Gasteiger partial charge in [-0.15, -0.1) is 0 Å². The third-order valence-electron chi connectivity index (χ3n) is 5.57. The van der Waals surface area contributed by atoms with Crippen molar-refractivity contribution in [2.24, 2.45) is 4.99 Å². The zero-order valence-corrected chi connectivity index (χ0v) is 19.1. The van der Waals surface area contributed by atoms with Gasteiger partial charge < -0.3 is 19.9 Å². The van der Waals surface area contributed by atoms with Crippen molar-refractivity contribution in [2.75, 3.05) is 36.4 Å². The van der Waals surface area contributed by atoms with Crippen LogP contribution in [0.1, 0.15) is 38.8 Å². The monoisotopic (exact) mass is 434 g/mol. The molecule has 0 radical (unpaired) electrons. The van der Waals surface area contributed by atoms with Crippen molar-refractivity contribution >= 4 is 29.1 Å². The molecular weight excluding hydrogens is 404 g/mol. The zero-order chi connectivity index (χ0) is 22.9. The van der Waals surface area contributed by atoms with E-state index >= 15 is 0 Å². The van der Waals surface area contributed by atoms with Gasteiger partial charge in [-0.1, -0.05) is 42.5 Å². The molecule has 0 aromatic heterocycles. The molecule has 2 aromatic rings. The summed E-state index contributed by atoms with van der Waals surface area (Å²) in [4.78, 5) is 33.9. The molecule has 7 heteroatoms. The van der Waals surface area contributed by atoms with E-state index in [2.05, 4.69) is 10.2 Å². The average molecular weight is 435 g/mol. The molecule has 1 fully saturated rings. The fourth-order valence-corrected chi connectivity index (χ4v) is 3.96. The second-order valence-electron chi connectivity index (χ2n) is 9.16. The molecule has 0 bridgehead atoms. The summed E-state index contributed by atoms with van der Waals surface area (Å²) in [5.74, 6) is -0.128. The third kappa shape index (κ3) is 4.61. The van der Waals surface area contributed by atoms with Gasteiger partial charge in [-0.05, 0) is 33.8 Å². The number of anilines is 2. The minimum absolute atomic E-state index is 0.128. The van der Waals surface area contributed by atoms with Crippen molar-refractivity contribution in [2.45, 2.75) is 39.3 Å². The van der Waals surface area contributed by atoms with Gasteiger partial charge in [-0.25, -0.2) is 4.79 Å². The average Bonchev–Trinajstić information content (AvgIpc) is 2.89. The molecule has 0 aliphatic carbocycles. The summed E-state index contributed by atoms with van der Waals surface area (Å²) in [6.45, 7) is 9.84. The lowest BCUT2D eigenvalue weighted by Crippen LogP contribution is -2.50. The van der Waals surface area contributed by atoms with Crippen LogP contribution in [0.5, 0.6) is 0 Å². The maximum absolute atomic E-state index is 12.8. The van der Waals surface area contributed by atoms with Crippen LogP contribution in [0.4, 0.5) is 16.2 Å². The van der Waals surface area contributed by atoms with Crippen LogP contribution in [-0.4, -0.2) is 60.4 Å². The molecule has 32 heavy (non-hydrogen) atoms. The minimum atomic E-state index is -0.515. The van der Waals surface area contributed by atoms with E-state index < -0.39 is 11.6 Å². The van der Waals surface area contributed by atoms with Crippen molar-refractivity contribution in [1.29, 1.82) is 0 Å². The zero-order valence-electron chi connectivity index (χ0n) is 19.1. The number of rotatable bonds is 2. The molecule has 2 heterocycles. The van der Waals surface area contributed by atoms with Crippen LogP contribution in [0.15, 0.2) is 53.5 Å². The normalized spacial score (nSPS) is 18.9. The molecular formula is C25H30N4O3. The van der Waals surface area contributed by atoms with Crippen molar-refractivity contribution < 1.29 is 14.3 Å². The molecule has 0 saturated carbocycles. The molecule has 2 aromatic carbocycles. The standard InChI is InChI=1S/C25H30N4O3/c1-17-23(30)27-22-19(21(26-17)18-9-6-5-7-10-18)11-8-12-20(22)28-13-15-29(16-14-28)24(31)32-25(2,3)4/h5-12,17H,13-16H2,1-4H3,(H,27,30)/t17-/m0/s1. The molecule has 1 atom stereocenters. The highest BCUT2D eigenvalue weighted by molar-refractivity contribution is 6.21. The summed E-state index contributed by atoms with van der Waals surface area (Å²) >= 11 is 0. The van der Waals surface area contributed by atoms with Crippen molar-refractivity contribution in [3.8, 4) is 0 Å². The Labute approximate surface area is 189 Å². The number of nitrogens with one attached hydrogen (secondary N) is 1. The number of piperazine rings is 1. The van der Waals surface area contributed by atoms with Gasteiger partial charge in [-0.2, -0.15) is 0 Å². The molecule has 2 aliphatic rings. The molecule has 7 nitrogen and oxygen atoms in total. The number of nitrogens with zero attached hydrogens (tertiary/aromatic N) is 3. The van der Waals surface area contributed by atoms with Crippen LogP contribution in [0.25, 0.3) is 0 Å². The molecule has 2 amide bonds. The largest absolute Gasteiger partial charge is 0.444 e. The lowest BCUT2D eigenvalue weighted by Gasteiger charge is -2.37. The number of benzene rings is 2. The highest BCUT2D eigenvalue weighted by Crippen LogP contribution is 2.34. The van der Waals surface area contributed by atoms with E-state index in [-0.39, 0.29) is 12.0 Å². The topological polar surface area (TPSA) is 74.2 Å². The van der Waals surface area contributed by atoms with Crippen molar-refractivity contribution in [3.63, 3.8) is 0 Å². The summed E-state index contributed by atoms with van der Waals surface area (Å²) in [6.07, 6.45) is -0.287. The maximum atomic E-state index is 12.8. The van der Waals surface area contributed by atoms with E-state index in [0.717, 1.165) is 28.2 Å². The smallest absolute Gasteiger partial charge is 0.410 e. The summed E-state index contributed by atoms with van der Waals surface area (Å²) in [7, 11) is 0. The maximum Gasteiger partial charge on any atom is 0.410 e. The Kier molecular flexibility index (Phi) is 5.91. The van der Waals surface area contributed by atoms with Gasteiger partial charge in [0.05, 0.1) is 17.1 Å². The number of amides is 2. The molecule has 1 N–H and O–H groups in total. The summed E-state index contributed by atoms with van der Waals surface area (Å²) in [5, 5.41) is 3.10. The second kappa shape index (κ2) is 8.65. The van der Waals surface area contributed by atoms with Crippen LogP contribution in [0, 0.1) is 0 Å². The number of fused-ring (bicyclic) bond motifs is 1. The Balaban J connectivity index is 1.62. The summed E-state index contributed by atoms with van der Waals surface area (Å²) < 4.78 is 5.51. The minimum Gasteiger partial charge on any atom is -0.444 e. The summed E-state index contributed by atoms with van der Waals surface area (Å²) in [5.41, 5.74) is 3.89. The predicted octanol–water partition coefficient (Wildman–Crippen LogP) is 3.92. The molecule has 168 valence electrons. The first-order valence-corrected chi connectivity index (χ1v) is 11.0. The molecule has 2 aliphatic heterocycles. The first kappa shape index (κ1) is 21.9. The number of carbonyl (C=O) groups is 2. The Hall–Kier alpha value is -3.35. The Morgan fingerprint density at radius 3 is 2.38 bits per heavy atom. The van der Waals surface area contributed by atoms with Gasteiger partial charge in [0, 0.05) is 37.3 Å². The SMILES string of the molecule is C[C@@H]1N=C(c2ccccc2)c2cccc(N3CCN(C(=O)OC(C)(C)C)CC3)c2NC1=O. The fraction of sp³-hybridized carbons (Fsp3) is 0.400. The number of ether oxygens (including phenoxy) is 1. The molecule has 0 unspecified atom stereocenters. The van der Waals surface area contributed by atoms with E-state index in [4.69, 9.17) is 9.73 Å². The van der Waals surface area contributed by atoms with E-state index in [9.17, 15) is 9.59 Å². The molecule has 4 rings (SSSR count). The van der Waals surface area contributed by atoms with Gasteiger partial charge in [0.25, 0.3) is 0 Å². The van der Waals surface area contributed by atoms with Crippen molar-refractivity contribution in [3.05, 3.63) is 59.7 Å². The van der Waals surface area contributed by atoms with E-state index in [1.54, 1.807) is 4.90 Å². The number of aliphatic imine (C=N–C) groups is 1. The van der Waals surface area contributed by atoms with Gasteiger partial charge >= 0.3 is 6.09 Å². The van der Waals surface area contributed by atoms with Gasteiger partial charge in [0.15, 0.2) is 0 Å². The Morgan fingerprint density at radius 1 is 1.03 bits per heavy atom. The molecule has 0 spiro atoms. The van der Waals surface area contributed by atoms with Crippen LogP contribution in [-0.2, 0) is 9.53 Å². The quantitative estimate of drug-likeness (QED) is 0.777. The number of para-hydroxylation sites is 1. The van der Waals surface area contributed by atoms with Crippen LogP contribution < -0.4 is 10.2 Å². The number of carbonyl (C=O) groups excluding carboxylic acids is 2. The lowest BCUT2D eigenvalue weighted by molar-refractivity contribution is -0.116.